The van der Waals surface area contributed by atoms with Crippen molar-refractivity contribution in [3.63, 3.8) is 0 Å². The van der Waals surface area contributed by atoms with Crippen molar-refractivity contribution >= 4 is 23.1 Å². The normalized spacial score (nSPS) is 15.1. The Hall–Kier alpha value is -1.45. The van der Waals surface area contributed by atoms with Crippen molar-refractivity contribution in [3.05, 3.63) is 48.5 Å². The van der Waals surface area contributed by atoms with Gasteiger partial charge in [-0.3, -0.25) is 4.90 Å². The fourth-order valence-electron chi connectivity index (χ4n) is 2.37. The average Bonchev–Trinajstić information content (AvgIpc) is 2.43. The van der Waals surface area contributed by atoms with Crippen LogP contribution in [-0.2, 0) is 0 Å². The monoisotopic (exact) mass is 270 g/mol. The first kappa shape index (κ1) is 12.6. The molecule has 3 rings (SSSR count). The molecular weight excluding hydrogens is 252 g/mol. The van der Waals surface area contributed by atoms with Crippen LogP contribution in [0.5, 0.6) is 0 Å². The summed E-state index contributed by atoms with van der Waals surface area (Å²) in [7, 11) is 4.25. The summed E-state index contributed by atoms with van der Waals surface area (Å²) in [6, 6.07) is 17.3. The summed E-state index contributed by atoms with van der Waals surface area (Å²) in [5.41, 5.74) is 2.60. The number of rotatable bonds is 2. The zero-order chi connectivity index (χ0) is 13.4. The second-order valence-corrected chi connectivity index (χ2v) is 6.09. The van der Waals surface area contributed by atoms with Gasteiger partial charge in [-0.05, 0) is 45.3 Å². The number of benzene rings is 2. The summed E-state index contributed by atoms with van der Waals surface area (Å²) in [5.74, 6) is 0. The van der Waals surface area contributed by atoms with Crippen LogP contribution in [0.25, 0.3) is 0 Å². The van der Waals surface area contributed by atoms with E-state index in [0.717, 1.165) is 0 Å². The third-order valence-corrected chi connectivity index (χ3v) is 4.72. The van der Waals surface area contributed by atoms with Gasteiger partial charge in [0.15, 0.2) is 0 Å². The Morgan fingerprint density at radius 2 is 1.37 bits per heavy atom. The summed E-state index contributed by atoms with van der Waals surface area (Å²) >= 11 is 1.86. The van der Waals surface area contributed by atoms with Crippen molar-refractivity contribution in [3.8, 4) is 0 Å². The van der Waals surface area contributed by atoms with E-state index >= 15 is 0 Å². The van der Waals surface area contributed by atoms with Gasteiger partial charge in [0.2, 0.25) is 0 Å². The molecule has 0 spiro atoms. The Labute approximate surface area is 119 Å². The van der Waals surface area contributed by atoms with Crippen molar-refractivity contribution in [2.24, 2.45) is 0 Å². The van der Waals surface area contributed by atoms with E-state index in [2.05, 4.69) is 79.3 Å². The minimum atomic E-state index is 0.322. The number of fused-ring (bicyclic) bond motifs is 2. The van der Waals surface area contributed by atoms with Gasteiger partial charge < -0.3 is 4.90 Å². The van der Waals surface area contributed by atoms with Gasteiger partial charge in [0.05, 0.1) is 17.5 Å². The van der Waals surface area contributed by atoms with Crippen LogP contribution in [0.15, 0.2) is 58.3 Å². The van der Waals surface area contributed by atoms with E-state index in [9.17, 15) is 0 Å². The summed E-state index contributed by atoms with van der Waals surface area (Å²) in [6.07, 6.45) is 0.322. The molecule has 0 saturated heterocycles. The number of hydrogen-bond donors (Lipinski definition) is 0. The molecule has 1 aliphatic rings. The van der Waals surface area contributed by atoms with Gasteiger partial charge in [-0.25, -0.2) is 0 Å². The highest BCUT2D eigenvalue weighted by Gasteiger charge is 2.27. The predicted molar refractivity (Wildman–Crippen MR) is 82.3 cm³/mol. The smallest absolute Gasteiger partial charge is 0.0837 e. The molecule has 0 aliphatic carbocycles. The fourth-order valence-corrected chi connectivity index (χ4v) is 3.44. The summed E-state index contributed by atoms with van der Waals surface area (Å²) in [4.78, 5) is 7.31. The van der Waals surface area contributed by atoms with E-state index in [0.29, 0.717) is 6.17 Å². The lowest BCUT2D eigenvalue weighted by Crippen LogP contribution is -2.41. The van der Waals surface area contributed by atoms with Crippen LogP contribution in [0.2, 0.25) is 0 Å². The summed E-state index contributed by atoms with van der Waals surface area (Å²) < 4.78 is 0. The molecule has 1 heterocycles. The Morgan fingerprint density at radius 3 is 1.84 bits per heavy atom. The van der Waals surface area contributed by atoms with Gasteiger partial charge in [0.1, 0.15) is 0 Å². The highest BCUT2D eigenvalue weighted by atomic mass is 32.2. The Kier molecular flexibility index (Phi) is 3.25. The fraction of sp³-hybridized carbons (Fsp3) is 0.250. The van der Waals surface area contributed by atoms with Gasteiger partial charge in [0.25, 0.3) is 0 Å². The zero-order valence-corrected chi connectivity index (χ0v) is 12.3. The van der Waals surface area contributed by atoms with Crippen LogP contribution in [-0.4, -0.2) is 25.2 Å². The molecule has 98 valence electrons. The highest BCUT2D eigenvalue weighted by molar-refractivity contribution is 7.99. The Morgan fingerprint density at radius 1 is 0.895 bits per heavy atom. The zero-order valence-electron chi connectivity index (χ0n) is 11.5. The molecule has 1 unspecified atom stereocenters. The van der Waals surface area contributed by atoms with Crippen LogP contribution < -0.4 is 4.90 Å². The molecule has 0 bridgehead atoms. The van der Waals surface area contributed by atoms with Crippen LogP contribution in [0.4, 0.5) is 11.4 Å². The minimum absolute atomic E-state index is 0.322. The predicted octanol–water partition coefficient (Wildman–Crippen LogP) is 4.20. The third kappa shape index (κ3) is 2.13. The molecule has 1 aliphatic heterocycles. The highest BCUT2D eigenvalue weighted by Crippen LogP contribution is 2.48. The van der Waals surface area contributed by atoms with Gasteiger partial charge in [0, 0.05) is 9.79 Å². The maximum absolute atomic E-state index is 2.42. The molecule has 0 saturated carbocycles. The van der Waals surface area contributed by atoms with Gasteiger partial charge >= 0.3 is 0 Å². The molecule has 3 heteroatoms. The van der Waals surface area contributed by atoms with E-state index in [1.54, 1.807) is 0 Å². The second kappa shape index (κ2) is 4.91. The van der Waals surface area contributed by atoms with E-state index < -0.39 is 0 Å². The lowest BCUT2D eigenvalue weighted by molar-refractivity contribution is 0.317. The molecule has 2 aromatic carbocycles. The number of hydrogen-bond acceptors (Lipinski definition) is 3. The van der Waals surface area contributed by atoms with E-state index in [1.165, 1.54) is 21.2 Å². The molecule has 0 radical (unpaired) electrons. The van der Waals surface area contributed by atoms with Crippen molar-refractivity contribution in [1.29, 1.82) is 0 Å². The maximum atomic E-state index is 2.42. The van der Waals surface area contributed by atoms with Crippen LogP contribution >= 0.6 is 11.8 Å². The summed E-state index contributed by atoms with van der Waals surface area (Å²) in [5, 5.41) is 0. The molecule has 0 amide bonds. The number of para-hydroxylation sites is 2. The molecule has 2 aromatic rings. The quantitative estimate of drug-likeness (QED) is 0.807. The number of anilines is 2. The first-order chi connectivity index (χ1) is 9.18. The molecule has 0 aromatic heterocycles. The van der Waals surface area contributed by atoms with E-state index in [4.69, 9.17) is 0 Å². The maximum Gasteiger partial charge on any atom is 0.0837 e. The Balaban J connectivity index is 2.16. The first-order valence-corrected chi connectivity index (χ1v) is 7.31. The third-order valence-electron chi connectivity index (χ3n) is 3.59. The standard InChI is InChI=1S/C16H18N2S/c1-12(17(2)3)18-13-8-4-6-10-15(13)19-16-11-7-5-9-14(16)18/h4-12H,1-3H3. The topological polar surface area (TPSA) is 6.48 Å². The first-order valence-electron chi connectivity index (χ1n) is 6.50. The second-order valence-electron chi connectivity index (χ2n) is 5.00. The Bertz CT molecular complexity index is 549. The molecule has 2 nitrogen and oxygen atoms in total. The van der Waals surface area contributed by atoms with E-state index in [-0.39, 0.29) is 0 Å². The van der Waals surface area contributed by atoms with Crippen molar-refractivity contribution < 1.29 is 0 Å². The van der Waals surface area contributed by atoms with Crippen LogP contribution in [0.3, 0.4) is 0 Å². The van der Waals surface area contributed by atoms with Crippen LogP contribution in [0, 0.1) is 0 Å². The summed E-state index contributed by atoms with van der Waals surface area (Å²) in [6.45, 7) is 2.24. The van der Waals surface area contributed by atoms with E-state index in [1.807, 2.05) is 11.8 Å². The van der Waals surface area contributed by atoms with Crippen LogP contribution in [0.1, 0.15) is 6.92 Å². The van der Waals surface area contributed by atoms with Crippen molar-refractivity contribution in [2.45, 2.75) is 22.9 Å². The molecule has 0 N–H and O–H groups in total. The molecule has 1 atom stereocenters. The van der Waals surface area contributed by atoms with Gasteiger partial charge in [-0.2, -0.15) is 0 Å². The molecule has 0 fully saturated rings. The lowest BCUT2D eigenvalue weighted by Gasteiger charge is -2.39. The minimum Gasteiger partial charge on any atom is -0.323 e. The number of nitrogens with zero attached hydrogens (tertiary/aromatic N) is 2. The molecular formula is C16H18N2S. The van der Waals surface area contributed by atoms with Gasteiger partial charge in [-0.15, -0.1) is 0 Å². The lowest BCUT2D eigenvalue weighted by atomic mass is 10.2. The van der Waals surface area contributed by atoms with Crippen molar-refractivity contribution in [1.82, 2.24) is 4.90 Å². The average molecular weight is 270 g/mol. The molecule has 19 heavy (non-hydrogen) atoms. The largest absolute Gasteiger partial charge is 0.323 e. The van der Waals surface area contributed by atoms with Crippen molar-refractivity contribution in [2.75, 3.05) is 19.0 Å². The SMILES string of the molecule is CC(N(C)C)N1c2ccccc2Sc2ccccc21. The van der Waals surface area contributed by atoms with Gasteiger partial charge in [-0.1, -0.05) is 36.0 Å².